The molecule has 3 rings (SSSR count). The minimum Gasteiger partial charge on any atom is -0.355 e. The Hall–Kier alpha value is -1.99. The van der Waals surface area contributed by atoms with E-state index in [1.807, 2.05) is 19.1 Å². The molecular weight excluding hydrogens is 382 g/mol. The highest BCUT2D eigenvalue weighted by Crippen LogP contribution is 2.25. The van der Waals surface area contributed by atoms with E-state index in [-0.39, 0.29) is 11.2 Å². The fourth-order valence-electron chi connectivity index (χ4n) is 2.99. The third-order valence-electron chi connectivity index (χ3n) is 4.55. The molecule has 1 atom stereocenters. The number of hydrogen-bond donors (Lipinski definition) is 2. The molecule has 0 unspecified atom stereocenters. The maximum absolute atomic E-state index is 12.4. The Balaban J connectivity index is 1.54. The third-order valence-corrected chi connectivity index (χ3v) is 5.86. The van der Waals surface area contributed by atoms with E-state index in [1.165, 1.54) is 34.9 Å². The van der Waals surface area contributed by atoms with Gasteiger partial charge in [0.2, 0.25) is 11.1 Å². The molecule has 0 spiro atoms. The van der Waals surface area contributed by atoms with Crippen molar-refractivity contribution in [3.8, 4) is 11.4 Å². The molecule has 2 aromatic rings. The fraction of sp³-hybridized carbons (Fsp3) is 0.421. The van der Waals surface area contributed by atoms with Crippen LogP contribution in [0.1, 0.15) is 39.0 Å². The van der Waals surface area contributed by atoms with E-state index >= 15 is 0 Å². The van der Waals surface area contributed by atoms with Crippen LogP contribution in [0.25, 0.3) is 11.4 Å². The first-order valence-electron chi connectivity index (χ1n) is 9.13. The second kappa shape index (κ2) is 9.28. The largest absolute Gasteiger partial charge is 0.355 e. The molecule has 27 heavy (non-hydrogen) atoms. The van der Waals surface area contributed by atoms with Crippen LogP contribution in [0.5, 0.6) is 0 Å². The van der Waals surface area contributed by atoms with Crippen LogP contribution >= 0.6 is 23.4 Å². The second-order valence-electron chi connectivity index (χ2n) is 6.59. The third kappa shape index (κ3) is 5.26. The molecule has 1 aromatic carbocycles. The number of nitrogen functional groups attached to an aromatic ring is 1. The molecule has 0 radical (unpaired) electrons. The van der Waals surface area contributed by atoms with E-state index in [1.54, 1.807) is 12.1 Å². The Kier molecular flexibility index (Phi) is 6.79. The lowest BCUT2D eigenvalue weighted by Gasteiger charge is -2.14. The SMILES string of the molecule is C[C@@H](Sc1nnc(-c2ccc(Cl)cc2)n1N)C(=O)NCCC1=CCCCC1. The van der Waals surface area contributed by atoms with Crippen molar-refractivity contribution in [3.05, 3.63) is 40.9 Å². The van der Waals surface area contributed by atoms with Crippen LogP contribution in [-0.2, 0) is 4.79 Å². The number of hydrogen-bond acceptors (Lipinski definition) is 5. The lowest BCUT2D eigenvalue weighted by atomic mass is 9.97. The van der Waals surface area contributed by atoms with Gasteiger partial charge in [0, 0.05) is 17.1 Å². The maximum Gasteiger partial charge on any atom is 0.233 e. The van der Waals surface area contributed by atoms with Crippen LogP contribution < -0.4 is 11.2 Å². The number of rotatable bonds is 7. The second-order valence-corrected chi connectivity index (χ2v) is 8.34. The van der Waals surface area contributed by atoms with E-state index in [0.717, 1.165) is 24.8 Å². The summed E-state index contributed by atoms with van der Waals surface area (Å²) < 4.78 is 1.41. The molecular formula is C19H24ClN5OS. The molecule has 8 heteroatoms. The van der Waals surface area contributed by atoms with Gasteiger partial charge in [0.05, 0.1) is 5.25 Å². The number of thioether (sulfide) groups is 1. The van der Waals surface area contributed by atoms with E-state index in [0.29, 0.717) is 22.5 Å². The van der Waals surface area contributed by atoms with Gasteiger partial charge >= 0.3 is 0 Å². The van der Waals surface area contributed by atoms with E-state index in [4.69, 9.17) is 17.4 Å². The van der Waals surface area contributed by atoms with E-state index in [2.05, 4.69) is 21.6 Å². The summed E-state index contributed by atoms with van der Waals surface area (Å²) in [4.78, 5) is 12.4. The average Bonchev–Trinajstić information content (AvgIpc) is 3.03. The van der Waals surface area contributed by atoms with E-state index < -0.39 is 0 Å². The molecule has 0 fully saturated rings. The summed E-state index contributed by atoms with van der Waals surface area (Å²) in [5, 5.41) is 12.1. The number of benzene rings is 1. The van der Waals surface area contributed by atoms with Gasteiger partial charge in [-0.1, -0.05) is 35.0 Å². The van der Waals surface area contributed by atoms with Crippen molar-refractivity contribution in [1.29, 1.82) is 0 Å². The first-order valence-corrected chi connectivity index (χ1v) is 10.4. The van der Waals surface area contributed by atoms with Gasteiger partial charge in [-0.2, -0.15) is 0 Å². The minimum atomic E-state index is -0.310. The molecule has 1 amide bonds. The molecule has 0 saturated carbocycles. The molecule has 6 nitrogen and oxygen atoms in total. The van der Waals surface area contributed by atoms with Gasteiger partial charge in [-0.05, 0) is 63.3 Å². The zero-order valence-corrected chi connectivity index (χ0v) is 16.9. The van der Waals surface area contributed by atoms with Gasteiger partial charge in [0.25, 0.3) is 0 Å². The number of allylic oxidation sites excluding steroid dienone is 1. The van der Waals surface area contributed by atoms with E-state index in [9.17, 15) is 4.79 Å². The summed E-state index contributed by atoms with van der Waals surface area (Å²) in [6.45, 7) is 2.51. The number of carbonyl (C=O) groups is 1. The van der Waals surface area contributed by atoms with Gasteiger partial charge < -0.3 is 11.2 Å². The zero-order valence-electron chi connectivity index (χ0n) is 15.3. The van der Waals surface area contributed by atoms with Gasteiger partial charge in [-0.15, -0.1) is 10.2 Å². The van der Waals surface area contributed by atoms with Crippen molar-refractivity contribution < 1.29 is 4.79 Å². The summed E-state index contributed by atoms with van der Waals surface area (Å²) in [5.74, 6) is 6.63. The predicted molar refractivity (Wildman–Crippen MR) is 110 cm³/mol. The number of aromatic nitrogens is 3. The molecule has 1 heterocycles. The first kappa shape index (κ1) is 19.8. The van der Waals surface area contributed by atoms with Gasteiger partial charge in [-0.25, -0.2) is 4.68 Å². The maximum atomic E-state index is 12.4. The van der Waals surface area contributed by atoms with Crippen molar-refractivity contribution in [1.82, 2.24) is 20.2 Å². The normalized spacial score (nSPS) is 15.3. The molecule has 144 valence electrons. The Morgan fingerprint density at radius 2 is 2.11 bits per heavy atom. The number of halogens is 1. The molecule has 1 aromatic heterocycles. The number of nitrogens with two attached hydrogens (primary N) is 1. The highest BCUT2D eigenvalue weighted by molar-refractivity contribution is 8.00. The number of carbonyl (C=O) groups excluding carboxylic acids is 1. The highest BCUT2D eigenvalue weighted by atomic mass is 35.5. The Morgan fingerprint density at radius 1 is 1.33 bits per heavy atom. The Morgan fingerprint density at radius 3 is 2.81 bits per heavy atom. The van der Waals surface area contributed by atoms with Crippen LogP contribution in [0.2, 0.25) is 5.02 Å². The summed E-state index contributed by atoms with van der Waals surface area (Å²) in [7, 11) is 0. The van der Waals surface area contributed by atoms with Crippen molar-refractivity contribution in [2.24, 2.45) is 0 Å². The van der Waals surface area contributed by atoms with Crippen LogP contribution in [-0.4, -0.2) is 32.6 Å². The summed E-state index contributed by atoms with van der Waals surface area (Å²) in [6.07, 6.45) is 8.09. The molecule has 1 aliphatic carbocycles. The molecule has 0 aliphatic heterocycles. The number of amides is 1. The van der Waals surface area contributed by atoms with Crippen molar-refractivity contribution in [2.45, 2.75) is 49.4 Å². The molecule has 1 aliphatic rings. The first-order chi connectivity index (χ1) is 13.0. The Bertz CT molecular complexity index is 818. The summed E-state index contributed by atoms with van der Waals surface area (Å²) in [6, 6.07) is 7.22. The standard InChI is InChI=1S/C19H24ClN5OS/c1-13(18(26)22-12-11-14-5-3-2-4-6-14)27-19-24-23-17(25(19)21)15-7-9-16(20)10-8-15/h5,7-10,13H,2-4,6,11-12,21H2,1H3,(H,22,26)/t13-/m1/s1. The van der Waals surface area contributed by atoms with Crippen LogP contribution in [0, 0.1) is 0 Å². The average molecular weight is 406 g/mol. The monoisotopic (exact) mass is 405 g/mol. The molecule has 3 N–H and O–H groups in total. The predicted octanol–water partition coefficient (Wildman–Crippen LogP) is 3.80. The number of nitrogens with zero attached hydrogens (tertiary/aromatic N) is 3. The van der Waals surface area contributed by atoms with Crippen LogP contribution in [0.4, 0.5) is 0 Å². The smallest absolute Gasteiger partial charge is 0.233 e. The lowest BCUT2D eigenvalue weighted by Crippen LogP contribution is -2.32. The fourth-order valence-corrected chi connectivity index (χ4v) is 3.91. The number of nitrogens with one attached hydrogen (secondary N) is 1. The Labute approximate surface area is 168 Å². The quantitative estimate of drug-likeness (QED) is 0.415. The van der Waals surface area contributed by atoms with Crippen molar-refractivity contribution in [2.75, 3.05) is 12.4 Å². The van der Waals surface area contributed by atoms with Crippen molar-refractivity contribution >= 4 is 29.3 Å². The molecule has 0 bridgehead atoms. The van der Waals surface area contributed by atoms with Gasteiger partial charge in [0.15, 0.2) is 5.82 Å². The minimum absolute atomic E-state index is 0.0209. The summed E-state index contributed by atoms with van der Waals surface area (Å²) >= 11 is 7.21. The van der Waals surface area contributed by atoms with Gasteiger partial charge in [0.1, 0.15) is 0 Å². The lowest BCUT2D eigenvalue weighted by molar-refractivity contribution is -0.120. The zero-order chi connectivity index (χ0) is 19.2. The van der Waals surface area contributed by atoms with Crippen LogP contribution in [0.15, 0.2) is 41.1 Å². The van der Waals surface area contributed by atoms with Gasteiger partial charge in [-0.3, -0.25) is 4.79 Å². The summed E-state index contributed by atoms with van der Waals surface area (Å²) in [5.41, 5.74) is 2.27. The molecule has 0 saturated heterocycles. The van der Waals surface area contributed by atoms with Crippen LogP contribution in [0.3, 0.4) is 0 Å². The topological polar surface area (TPSA) is 85.8 Å². The highest BCUT2D eigenvalue weighted by Gasteiger charge is 2.19. The van der Waals surface area contributed by atoms with Crippen molar-refractivity contribution in [3.63, 3.8) is 0 Å².